The van der Waals surface area contributed by atoms with Crippen LogP contribution in [0.4, 0.5) is 0 Å². The van der Waals surface area contributed by atoms with Crippen LogP contribution in [0.1, 0.15) is 28.0 Å². The van der Waals surface area contributed by atoms with Gasteiger partial charge in [0.25, 0.3) is 0 Å². The molecular weight excluding hydrogens is 1010 g/mol. The van der Waals surface area contributed by atoms with E-state index in [1.807, 2.05) is 11.8 Å². The molecule has 0 aliphatic carbocycles. The topological polar surface area (TPSA) is 29.5 Å². The molecule has 1 aromatic heterocycles. The molecule has 9 rings (SSSR count). The summed E-state index contributed by atoms with van der Waals surface area (Å²) in [7, 11) is -1.76. The molecule has 2 unspecified atom stereocenters. The highest BCUT2D eigenvalue weighted by molar-refractivity contribution is 14.1. The Hall–Kier alpha value is -3.57. The third-order valence-corrected chi connectivity index (χ3v) is 14.8. The molecule has 0 radical (unpaired) electrons. The van der Waals surface area contributed by atoms with E-state index in [2.05, 4.69) is 242 Å². The van der Waals surface area contributed by atoms with Gasteiger partial charge in [-0.3, -0.25) is 0 Å². The van der Waals surface area contributed by atoms with E-state index in [9.17, 15) is 0 Å². The van der Waals surface area contributed by atoms with Gasteiger partial charge in [0, 0.05) is 26.7 Å². The van der Waals surface area contributed by atoms with E-state index < -0.39 is 8.16 Å². The van der Waals surface area contributed by atoms with Gasteiger partial charge in [0.1, 0.15) is 0 Å². The fourth-order valence-electron chi connectivity index (χ4n) is 7.34. The van der Waals surface area contributed by atoms with Gasteiger partial charge in [-0.15, -0.1) is 11.8 Å². The Labute approximate surface area is 361 Å². The molecule has 0 aliphatic rings. The van der Waals surface area contributed by atoms with Crippen LogP contribution in [0.25, 0.3) is 43.5 Å². The van der Waals surface area contributed by atoms with Gasteiger partial charge in [-0.1, -0.05) is 155 Å². The molecule has 0 saturated carbocycles. The van der Waals surface area contributed by atoms with E-state index >= 15 is 0 Å². The van der Waals surface area contributed by atoms with E-state index in [-0.39, 0.29) is 11.3 Å². The summed E-state index contributed by atoms with van der Waals surface area (Å²) in [6.07, 6.45) is 0. The lowest BCUT2D eigenvalue weighted by atomic mass is 9.97. The van der Waals surface area contributed by atoms with Crippen molar-refractivity contribution in [3.05, 3.63) is 204 Å². The second-order valence-corrected chi connectivity index (χ2v) is 19.1. The molecule has 2 atom stereocenters. The van der Waals surface area contributed by atoms with Gasteiger partial charge in [0.2, 0.25) is 0 Å². The maximum atomic E-state index is 7.51. The first-order valence-corrected chi connectivity index (χ1v) is 22.9. The Kier molecular flexibility index (Phi) is 11.1. The van der Waals surface area contributed by atoms with Crippen LogP contribution in [0, 0.1) is 7.14 Å². The molecule has 0 fully saturated rings. The number of rotatable bonds is 9. The van der Waals surface area contributed by atoms with Crippen LogP contribution < -0.4 is 4.67 Å². The van der Waals surface area contributed by atoms with Gasteiger partial charge < -0.3 is 8.39 Å². The minimum atomic E-state index is -1.76. The van der Waals surface area contributed by atoms with Crippen LogP contribution in [0.5, 0.6) is 0 Å². The molecule has 0 aliphatic heterocycles. The first-order valence-electron chi connectivity index (χ1n) is 17.9. The number of fused-ring (bicyclic) bond motifs is 7. The summed E-state index contributed by atoms with van der Waals surface area (Å²) in [5.74, 6) is 0. The van der Waals surface area contributed by atoms with Crippen LogP contribution in [0.2, 0.25) is 0 Å². The van der Waals surface area contributed by atoms with Crippen molar-refractivity contribution in [1.82, 2.24) is 0 Å². The first kappa shape index (κ1) is 37.0. The molecule has 8 aromatic carbocycles. The summed E-state index contributed by atoms with van der Waals surface area (Å²) in [5.41, 5.74) is 5.33. The number of hydrogen-bond donors (Lipinski definition) is 0. The molecule has 0 spiro atoms. The fraction of sp³-hybridized carbons (Fsp3) is 0.0638. The molecule has 0 bridgehead atoms. The SMILES string of the molecule is Brc1ccc(SC(c2ccccc2)C(c2ccccc2)N(Cc2ccccc2)p2oc3c(I)cc4ccccc4c3c3c(o2)c(I)cc2ccccc23)cc1. The quantitative estimate of drug-likeness (QED) is 0.106. The number of benzene rings is 8. The highest BCUT2D eigenvalue weighted by atomic mass is 127. The molecule has 0 amide bonds. The van der Waals surface area contributed by atoms with E-state index in [0.717, 1.165) is 44.3 Å². The van der Waals surface area contributed by atoms with Gasteiger partial charge in [0.05, 0.1) is 18.4 Å². The minimum absolute atomic E-state index is 0.0308. The molecular formula is C47H33BrI2NO2PS. The van der Waals surface area contributed by atoms with Crippen molar-refractivity contribution in [2.75, 3.05) is 4.67 Å². The Morgan fingerprint density at radius 3 is 1.58 bits per heavy atom. The molecule has 3 nitrogen and oxygen atoms in total. The number of hydrogen-bond acceptors (Lipinski definition) is 4. The maximum absolute atomic E-state index is 7.51. The second-order valence-electron chi connectivity index (χ2n) is 13.3. The Morgan fingerprint density at radius 2 is 1.04 bits per heavy atom. The van der Waals surface area contributed by atoms with Gasteiger partial charge in [0.15, 0.2) is 11.2 Å². The predicted molar refractivity (Wildman–Crippen MR) is 253 cm³/mol. The number of thioether (sulfide) groups is 1. The summed E-state index contributed by atoms with van der Waals surface area (Å²) in [6, 6.07) is 62.8. The summed E-state index contributed by atoms with van der Waals surface area (Å²) < 4.78 is 20.7. The molecule has 1 heterocycles. The van der Waals surface area contributed by atoms with Gasteiger partial charge in [-0.2, -0.15) is 4.67 Å². The van der Waals surface area contributed by atoms with Crippen LogP contribution >= 0.6 is 81.0 Å². The summed E-state index contributed by atoms with van der Waals surface area (Å²) in [4.78, 5) is 1.19. The number of nitrogens with zero attached hydrogens (tertiary/aromatic N) is 1. The molecule has 8 heteroatoms. The molecule has 270 valence electrons. The average Bonchev–Trinajstić information content (AvgIpc) is 3.41. The van der Waals surface area contributed by atoms with Crippen LogP contribution in [-0.4, -0.2) is 0 Å². The van der Waals surface area contributed by atoms with Crippen molar-refractivity contribution in [2.45, 2.75) is 22.7 Å². The van der Waals surface area contributed by atoms with Crippen LogP contribution in [0.3, 0.4) is 0 Å². The van der Waals surface area contributed by atoms with E-state index in [4.69, 9.17) is 8.39 Å². The van der Waals surface area contributed by atoms with E-state index in [1.54, 1.807) is 0 Å². The van der Waals surface area contributed by atoms with Crippen LogP contribution in [-0.2, 0) is 6.54 Å². The van der Waals surface area contributed by atoms with Crippen molar-refractivity contribution >= 4 is 125 Å². The maximum Gasteiger partial charge on any atom is 0.310 e. The normalized spacial score (nSPS) is 12.8. The van der Waals surface area contributed by atoms with E-state index in [0.29, 0.717) is 6.54 Å². The van der Waals surface area contributed by atoms with Crippen molar-refractivity contribution in [3.8, 4) is 0 Å². The summed E-state index contributed by atoms with van der Waals surface area (Å²) in [5, 5.41) is 6.77. The third kappa shape index (κ3) is 7.64. The highest BCUT2D eigenvalue weighted by Crippen LogP contribution is 2.53. The average molecular weight is 1040 g/mol. The lowest BCUT2D eigenvalue weighted by molar-refractivity contribution is 0.569. The van der Waals surface area contributed by atoms with E-state index in [1.165, 1.54) is 32.4 Å². The van der Waals surface area contributed by atoms with Crippen molar-refractivity contribution in [3.63, 3.8) is 0 Å². The Bertz CT molecular complexity index is 2720. The number of halogens is 3. The van der Waals surface area contributed by atoms with Crippen molar-refractivity contribution < 1.29 is 8.39 Å². The Morgan fingerprint density at radius 1 is 0.564 bits per heavy atom. The largest absolute Gasteiger partial charge is 0.407 e. The summed E-state index contributed by atoms with van der Waals surface area (Å²) in [6.45, 7) is 0.606. The zero-order valence-corrected chi connectivity index (χ0v) is 37.0. The molecule has 0 saturated heterocycles. The fourth-order valence-corrected chi connectivity index (χ4v) is 12.5. The standard InChI is InChI=1S/C47H33BrI2NO2PS/c48-36-24-26-37(27-25-36)55-47(33-18-8-3-9-19-33)44(32-16-6-2-7-17-32)51(30-31-14-4-1-5-15-31)54-52-45-40(49)28-34-20-10-12-22-38(34)42(45)43-39-23-13-11-21-35(39)29-41(50)46(43)53-54/h1-29,44,47H,30H2. The van der Waals surface area contributed by atoms with Gasteiger partial charge in [-0.05, 0) is 120 Å². The molecule has 0 N–H and O–H groups in total. The predicted octanol–water partition coefficient (Wildman–Crippen LogP) is 16.0. The first-order chi connectivity index (χ1) is 27.0. The zero-order chi connectivity index (χ0) is 37.3. The molecule has 55 heavy (non-hydrogen) atoms. The van der Waals surface area contributed by atoms with Gasteiger partial charge in [-0.25, -0.2) is 0 Å². The monoisotopic (exact) mass is 1040 g/mol. The van der Waals surface area contributed by atoms with Crippen molar-refractivity contribution in [2.24, 2.45) is 0 Å². The van der Waals surface area contributed by atoms with Gasteiger partial charge >= 0.3 is 8.16 Å². The molecule has 9 aromatic rings. The minimum Gasteiger partial charge on any atom is -0.407 e. The Balaban J connectivity index is 1.40. The van der Waals surface area contributed by atoms with Crippen LogP contribution in [0.15, 0.2) is 194 Å². The lowest BCUT2D eigenvalue weighted by Gasteiger charge is -2.35. The highest BCUT2D eigenvalue weighted by Gasteiger charge is 2.36. The zero-order valence-electron chi connectivity index (χ0n) is 29.4. The third-order valence-electron chi connectivity index (χ3n) is 9.85. The smallest absolute Gasteiger partial charge is 0.310 e. The summed E-state index contributed by atoms with van der Waals surface area (Å²) >= 11 is 10.5. The van der Waals surface area contributed by atoms with Crippen molar-refractivity contribution in [1.29, 1.82) is 0 Å². The lowest BCUT2D eigenvalue weighted by Crippen LogP contribution is -2.29. The second kappa shape index (κ2) is 16.5.